The zero-order chi connectivity index (χ0) is 19.0. The van der Waals surface area contributed by atoms with E-state index in [4.69, 9.17) is 0 Å². The van der Waals surface area contributed by atoms with Gasteiger partial charge in [-0.2, -0.15) is 9.49 Å². The molecule has 3 heterocycles. The molecule has 1 fully saturated rings. The van der Waals surface area contributed by atoms with Gasteiger partial charge in [0, 0.05) is 22.3 Å². The van der Waals surface area contributed by atoms with Gasteiger partial charge in [0.2, 0.25) is 5.95 Å². The van der Waals surface area contributed by atoms with Crippen molar-refractivity contribution in [2.24, 2.45) is 0 Å². The van der Waals surface area contributed by atoms with Crippen molar-refractivity contribution in [3.63, 3.8) is 0 Å². The normalized spacial score (nSPS) is 13.9. The van der Waals surface area contributed by atoms with Crippen LogP contribution in [0.5, 0.6) is 5.75 Å². The number of hydrogen-bond acceptors (Lipinski definition) is 5. The quantitative estimate of drug-likeness (QED) is 0.618. The molecule has 4 rings (SSSR count). The summed E-state index contributed by atoms with van der Waals surface area (Å²) in [6.45, 7) is 0.682. The Hall–Kier alpha value is -2.39. The summed E-state index contributed by atoms with van der Waals surface area (Å²) in [4.78, 5) is 18.2. The predicted molar refractivity (Wildman–Crippen MR) is 104 cm³/mol. The number of benzene rings is 1. The van der Waals surface area contributed by atoms with Crippen LogP contribution in [-0.4, -0.2) is 48.9 Å². The van der Waals surface area contributed by atoms with E-state index in [1.807, 2.05) is 6.07 Å². The molecule has 1 aliphatic rings. The average Bonchev–Trinajstić information content (AvgIpc) is 3.31. The molecule has 1 saturated heterocycles. The standard InChI is InChI=1S/C18H14BrFN4O2S/c19-12-5-11(6-14(25)7-12)16-8-15(18(26)23-3-4-27-10-23)22-24(16)13-1-2-17(20)21-9-13/h1-2,5-9,25H,3-4,10H2. The summed E-state index contributed by atoms with van der Waals surface area (Å²) in [5.74, 6) is 0.859. The van der Waals surface area contributed by atoms with Gasteiger partial charge >= 0.3 is 0 Å². The zero-order valence-corrected chi connectivity index (χ0v) is 16.4. The molecule has 1 aromatic carbocycles. The van der Waals surface area contributed by atoms with Crippen LogP contribution in [0.4, 0.5) is 4.39 Å². The molecule has 3 aromatic rings. The molecule has 0 saturated carbocycles. The van der Waals surface area contributed by atoms with Gasteiger partial charge in [0.1, 0.15) is 5.75 Å². The monoisotopic (exact) mass is 448 g/mol. The van der Waals surface area contributed by atoms with Crippen LogP contribution >= 0.6 is 27.7 Å². The summed E-state index contributed by atoms with van der Waals surface area (Å²) < 4.78 is 15.4. The van der Waals surface area contributed by atoms with E-state index in [1.54, 1.807) is 34.9 Å². The maximum Gasteiger partial charge on any atom is 0.275 e. The van der Waals surface area contributed by atoms with Crippen molar-refractivity contribution in [1.29, 1.82) is 0 Å². The number of amides is 1. The van der Waals surface area contributed by atoms with Crippen molar-refractivity contribution >= 4 is 33.6 Å². The van der Waals surface area contributed by atoms with E-state index in [1.165, 1.54) is 23.0 Å². The molecule has 0 bridgehead atoms. The predicted octanol–water partition coefficient (Wildman–Crippen LogP) is 3.69. The largest absolute Gasteiger partial charge is 0.508 e. The Morgan fingerprint density at radius 1 is 1.26 bits per heavy atom. The molecule has 1 N–H and O–H groups in total. The van der Waals surface area contributed by atoms with Gasteiger partial charge in [-0.3, -0.25) is 4.79 Å². The molecule has 2 aromatic heterocycles. The second kappa shape index (κ2) is 7.32. The van der Waals surface area contributed by atoms with Crippen LogP contribution in [0.2, 0.25) is 0 Å². The van der Waals surface area contributed by atoms with Gasteiger partial charge in [-0.25, -0.2) is 9.67 Å². The Morgan fingerprint density at radius 3 is 2.78 bits per heavy atom. The fourth-order valence-electron chi connectivity index (χ4n) is 2.84. The highest BCUT2D eigenvalue weighted by Gasteiger charge is 2.24. The van der Waals surface area contributed by atoms with Crippen LogP contribution in [0.1, 0.15) is 10.5 Å². The lowest BCUT2D eigenvalue weighted by atomic mass is 10.1. The highest BCUT2D eigenvalue weighted by Crippen LogP contribution is 2.31. The molecule has 1 aliphatic heterocycles. The molecule has 0 unspecified atom stereocenters. The fourth-order valence-corrected chi connectivity index (χ4v) is 4.27. The van der Waals surface area contributed by atoms with E-state index in [2.05, 4.69) is 26.0 Å². The molecule has 1 amide bonds. The molecule has 0 radical (unpaired) electrons. The number of rotatable bonds is 3. The minimum absolute atomic E-state index is 0.0770. The molecular weight excluding hydrogens is 435 g/mol. The molecule has 138 valence electrons. The zero-order valence-electron chi connectivity index (χ0n) is 14.0. The molecule has 27 heavy (non-hydrogen) atoms. The van der Waals surface area contributed by atoms with E-state index in [9.17, 15) is 14.3 Å². The molecule has 0 spiro atoms. The van der Waals surface area contributed by atoms with Crippen LogP contribution in [0.15, 0.2) is 47.1 Å². The number of thioether (sulfide) groups is 1. The third-order valence-corrected chi connectivity index (χ3v) is 5.53. The number of aromatic hydroxyl groups is 1. The molecule has 6 nitrogen and oxygen atoms in total. The SMILES string of the molecule is O=C(c1cc(-c2cc(O)cc(Br)c2)n(-c2ccc(F)nc2)n1)N1CCSC1. The first-order valence-corrected chi connectivity index (χ1v) is 10.0. The lowest BCUT2D eigenvalue weighted by molar-refractivity contribution is 0.0796. The second-order valence-corrected chi connectivity index (χ2v) is 7.96. The second-order valence-electron chi connectivity index (χ2n) is 5.97. The number of carbonyl (C=O) groups excluding carboxylic acids is 1. The highest BCUT2D eigenvalue weighted by molar-refractivity contribution is 9.10. The lowest BCUT2D eigenvalue weighted by Crippen LogP contribution is -2.28. The van der Waals surface area contributed by atoms with Crippen molar-refractivity contribution in [1.82, 2.24) is 19.7 Å². The lowest BCUT2D eigenvalue weighted by Gasteiger charge is -2.11. The minimum Gasteiger partial charge on any atom is -0.508 e. The summed E-state index contributed by atoms with van der Waals surface area (Å²) in [5.41, 5.74) is 2.06. The van der Waals surface area contributed by atoms with E-state index >= 15 is 0 Å². The third-order valence-electron chi connectivity index (χ3n) is 4.10. The summed E-state index contributed by atoms with van der Waals surface area (Å²) >= 11 is 5.05. The Bertz CT molecular complexity index is 983. The van der Waals surface area contributed by atoms with Crippen LogP contribution in [0.25, 0.3) is 16.9 Å². The number of phenolic OH excluding ortho intramolecular Hbond substituents is 1. The van der Waals surface area contributed by atoms with E-state index < -0.39 is 5.95 Å². The number of halogens is 2. The van der Waals surface area contributed by atoms with Gasteiger partial charge < -0.3 is 10.0 Å². The van der Waals surface area contributed by atoms with Gasteiger partial charge in [-0.15, -0.1) is 11.8 Å². The highest BCUT2D eigenvalue weighted by atomic mass is 79.9. The first-order chi connectivity index (χ1) is 13.0. The molecule has 9 heteroatoms. The van der Waals surface area contributed by atoms with Crippen LogP contribution in [0, 0.1) is 5.95 Å². The minimum atomic E-state index is -0.599. The van der Waals surface area contributed by atoms with E-state index in [-0.39, 0.29) is 17.4 Å². The molecular formula is C18H14BrFN4O2S. The van der Waals surface area contributed by atoms with Gasteiger partial charge in [0.25, 0.3) is 5.91 Å². The first kappa shape index (κ1) is 18.0. The van der Waals surface area contributed by atoms with Gasteiger partial charge in [-0.05, 0) is 36.4 Å². The van der Waals surface area contributed by atoms with Crippen molar-refractivity contribution in [3.05, 3.63) is 58.7 Å². The third kappa shape index (κ3) is 3.70. The molecule has 0 aliphatic carbocycles. The van der Waals surface area contributed by atoms with E-state index in [0.29, 0.717) is 33.8 Å². The number of phenols is 1. The van der Waals surface area contributed by atoms with Crippen LogP contribution in [-0.2, 0) is 0 Å². The first-order valence-electron chi connectivity index (χ1n) is 8.10. The van der Waals surface area contributed by atoms with Gasteiger partial charge in [-0.1, -0.05) is 15.9 Å². The van der Waals surface area contributed by atoms with Crippen LogP contribution in [0.3, 0.4) is 0 Å². The van der Waals surface area contributed by atoms with Crippen molar-refractivity contribution in [2.45, 2.75) is 0 Å². The number of pyridine rings is 1. The van der Waals surface area contributed by atoms with Crippen molar-refractivity contribution in [2.75, 3.05) is 18.2 Å². The van der Waals surface area contributed by atoms with Crippen molar-refractivity contribution in [3.8, 4) is 22.7 Å². The van der Waals surface area contributed by atoms with E-state index in [0.717, 1.165) is 5.75 Å². The van der Waals surface area contributed by atoms with Gasteiger partial charge in [0.15, 0.2) is 5.69 Å². The Morgan fingerprint density at radius 2 is 2.11 bits per heavy atom. The summed E-state index contributed by atoms with van der Waals surface area (Å²) in [6.07, 6.45) is 1.35. The maximum absolute atomic E-state index is 13.2. The summed E-state index contributed by atoms with van der Waals surface area (Å²) in [5, 5.41) is 14.4. The summed E-state index contributed by atoms with van der Waals surface area (Å²) in [7, 11) is 0. The fraction of sp³-hybridized carbons (Fsp3) is 0.167. The number of nitrogens with zero attached hydrogens (tertiary/aromatic N) is 4. The Kier molecular flexibility index (Phi) is 4.88. The Balaban J connectivity index is 1.84. The molecule has 0 atom stereocenters. The maximum atomic E-state index is 13.2. The Labute approximate surface area is 167 Å². The average molecular weight is 449 g/mol. The van der Waals surface area contributed by atoms with Gasteiger partial charge in [0.05, 0.1) is 23.5 Å². The van der Waals surface area contributed by atoms with Crippen molar-refractivity contribution < 1.29 is 14.3 Å². The topological polar surface area (TPSA) is 71.2 Å². The smallest absolute Gasteiger partial charge is 0.275 e. The number of carbonyl (C=O) groups is 1. The number of aromatic nitrogens is 3. The summed E-state index contributed by atoms with van der Waals surface area (Å²) in [6, 6.07) is 9.40. The van der Waals surface area contributed by atoms with Crippen LogP contribution < -0.4 is 0 Å². The number of hydrogen-bond donors (Lipinski definition) is 1.